The SMILES string of the molecule is CCOCCCOCCCCOCCCOCC. The van der Waals surface area contributed by atoms with Crippen LogP contribution in [0.15, 0.2) is 0 Å². The minimum Gasteiger partial charge on any atom is -0.382 e. The number of rotatable bonds is 15. The van der Waals surface area contributed by atoms with Gasteiger partial charge in [-0.25, -0.2) is 0 Å². The maximum atomic E-state index is 5.48. The van der Waals surface area contributed by atoms with Crippen LogP contribution in [0.1, 0.15) is 39.5 Å². The largest absolute Gasteiger partial charge is 0.382 e. The summed E-state index contributed by atoms with van der Waals surface area (Å²) in [6.45, 7) is 10.5. The van der Waals surface area contributed by atoms with Gasteiger partial charge in [0.25, 0.3) is 0 Å². The van der Waals surface area contributed by atoms with Gasteiger partial charge < -0.3 is 18.9 Å². The molecule has 0 aliphatic heterocycles. The van der Waals surface area contributed by atoms with E-state index >= 15 is 0 Å². The van der Waals surface area contributed by atoms with E-state index in [1.807, 2.05) is 13.8 Å². The summed E-state index contributed by atoms with van der Waals surface area (Å²) < 4.78 is 21.4. The molecule has 0 saturated heterocycles. The summed E-state index contributed by atoms with van der Waals surface area (Å²) >= 11 is 0. The fourth-order valence-corrected chi connectivity index (χ4v) is 1.43. The Kier molecular flexibility index (Phi) is 16.7. The molecule has 4 heteroatoms. The fraction of sp³-hybridized carbons (Fsp3) is 1.00. The monoisotopic (exact) mass is 262 g/mol. The van der Waals surface area contributed by atoms with Crippen molar-refractivity contribution in [3.63, 3.8) is 0 Å². The van der Waals surface area contributed by atoms with E-state index < -0.39 is 0 Å². The van der Waals surface area contributed by atoms with Crippen molar-refractivity contribution in [2.24, 2.45) is 0 Å². The van der Waals surface area contributed by atoms with Gasteiger partial charge in [0.15, 0.2) is 0 Å². The highest BCUT2D eigenvalue weighted by Gasteiger charge is 1.92. The first-order chi connectivity index (χ1) is 8.91. The van der Waals surface area contributed by atoms with Crippen molar-refractivity contribution in [2.75, 3.05) is 52.9 Å². The maximum Gasteiger partial charge on any atom is 0.0487 e. The molecule has 0 aliphatic rings. The average molecular weight is 262 g/mol. The van der Waals surface area contributed by atoms with Gasteiger partial charge in [0, 0.05) is 52.9 Å². The topological polar surface area (TPSA) is 36.9 Å². The first kappa shape index (κ1) is 17.8. The molecule has 0 amide bonds. The van der Waals surface area contributed by atoms with Gasteiger partial charge >= 0.3 is 0 Å². The predicted molar refractivity (Wildman–Crippen MR) is 73.1 cm³/mol. The van der Waals surface area contributed by atoms with Crippen molar-refractivity contribution in [1.29, 1.82) is 0 Å². The van der Waals surface area contributed by atoms with Crippen LogP contribution in [0.3, 0.4) is 0 Å². The Morgan fingerprint density at radius 1 is 0.444 bits per heavy atom. The smallest absolute Gasteiger partial charge is 0.0487 e. The Hall–Kier alpha value is -0.160. The Morgan fingerprint density at radius 3 is 1.17 bits per heavy atom. The predicted octanol–water partition coefficient (Wildman–Crippen LogP) is 2.65. The molecule has 0 atom stereocenters. The van der Waals surface area contributed by atoms with Crippen molar-refractivity contribution < 1.29 is 18.9 Å². The molecular formula is C14H30O4. The van der Waals surface area contributed by atoms with E-state index in [1.165, 1.54) is 0 Å². The molecule has 0 aromatic carbocycles. The molecule has 0 rings (SSSR count). The molecule has 0 unspecified atom stereocenters. The van der Waals surface area contributed by atoms with Crippen molar-refractivity contribution in [3.8, 4) is 0 Å². The van der Waals surface area contributed by atoms with Crippen LogP contribution >= 0.6 is 0 Å². The summed E-state index contributed by atoms with van der Waals surface area (Å²) in [6, 6.07) is 0. The van der Waals surface area contributed by atoms with Crippen LogP contribution in [0.4, 0.5) is 0 Å². The van der Waals surface area contributed by atoms with Gasteiger partial charge in [-0.2, -0.15) is 0 Å². The van der Waals surface area contributed by atoms with Crippen LogP contribution < -0.4 is 0 Å². The minimum atomic E-state index is 0.792. The zero-order valence-corrected chi connectivity index (χ0v) is 12.1. The molecule has 0 heterocycles. The van der Waals surface area contributed by atoms with Gasteiger partial charge in [0.05, 0.1) is 0 Å². The standard InChI is InChI=1S/C14H30O4/c1-3-15-11-7-13-17-9-5-6-10-18-14-8-12-16-4-2/h3-14H2,1-2H3. The highest BCUT2D eigenvalue weighted by Crippen LogP contribution is 1.94. The van der Waals surface area contributed by atoms with Gasteiger partial charge in [0.2, 0.25) is 0 Å². The normalized spacial score (nSPS) is 11.0. The summed E-state index contributed by atoms with van der Waals surface area (Å²) in [7, 11) is 0. The third kappa shape index (κ3) is 15.8. The fourth-order valence-electron chi connectivity index (χ4n) is 1.43. The number of hydrogen-bond donors (Lipinski definition) is 0. The molecule has 0 aliphatic carbocycles. The van der Waals surface area contributed by atoms with Crippen LogP contribution in [0.2, 0.25) is 0 Å². The van der Waals surface area contributed by atoms with Gasteiger partial charge in [-0.3, -0.25) is 0 Å². The zero-order valence-electron chi connectivity index (χ0n) is 12.1. The van der Waals surface area contributed by atoms with E-state index in [1.54, 1.807) is 0 Å². The lowest BCUT2D eigenvalue weighted by Gasteiger charge is -2.06. The summed E-state index contributed by atoms with van der Waals surface area (Å²) in [6.07, 6.45) is 4.11. The van der Waals surface area contributed by atoms with E-state index in [0.29, 0.717) is 0 Å². The summed E-state index contributed by atoms with van der Waals surface area (Å²) in [5.74, 6) is 0. The molecule has 0 radical (unpaired) electrons. The van der Waals surface area contributed by atoms with Gasteiger partial charge in [0.1, 0.15) is 0 Å². The second-order valence-corrected chi connectivity index (χ2v) is 4.03. The number of ether oxygens (including phenoxy) is 4. The van der Waals surface area contributed by atoms with Gasteiger partial charge in [-0.1, -0.05) is 0 Å². The molecular weight excluding hydrogens is 232 g/mol. The van der Waals surface area contributed by atoms with E-state index in [-0.39, 0.29) is 0 Å². The van der Waals surface area contributed by atoms with Crippen molar-refractivity contribution in [3.05, 3.63) is 0 Å². The molecule has 0 spiro atoms. The van der Waals surface area contributed by atoms with Crippen molar-refractivity contribution in [2.45, 2.75) is 39.5 Å². The van der Waals surface area contributed by atoms with Crippen molar-refractivity contribution in [1.82, 2.24) is 0 Å². The molecule has 0 bridgehead atoms. The average Bonchev–Trinajstić information content (AvgIpc) is 2.39. The van der Waals surface area contributed by atoms with E-state index in [4.69, 9.17) is 18.9 Å². The second-order valence-electron chi connectivity index (χ2n) is 4.03. The second kappa shape index (κ2) is 16.8. The first-order valence-corrected chi connectivity index (χ1v) is 7.22. The van der Waals surface area contributed by atoms with Crippen molar-refractivity contribution >= 4 is 0 Å². The van der Waals surface area contributed by atoms with E-state index in [2.05, 4.69) is 0 Å². The molecule has 0 N–H and O–H groups in total. The summed E-state index contributed by atoms with van der Waals surface area (Å²) in [5.41, 5.74) is 0. The quantitative estimate of drug-likeness (QED) is 0.425. The van der Waals surface area contributed by atoms with Crippen LogP contribution in [0.25, 0.3) is 0 Å². The summed E-state index contributed by atoms with van der Waals surface area (Å²) in [4.78, 5) is 0. The Balaban J connectivity index is 2.86. The lowest BCUT2D eigenvalue weighted by molar-refractivity contribution is 0.0705. The van der Waals surface area contributed by atoms with Crippen LogP contribution in [0, 0.1) is 0 Å². The maximum absolute atomic E-state index is 5.48. The molecule has 0 aromatic heterocycles. The van der Waals surface area contributed by atoms with Crippen LogP contribution in [-0.2, 0) is 18.9 Å². The highest BCUT2D eigenvalue weighted by molar-refractivity contribution is 4.41. The van der Waals surface area contributed by atoms with Crippen LogP contribution in [0.5, 0.6) is 0 Å². The lowest BCUT2D eigenvalue weighted by Crippen LogP contribution is -2.04. The molecule has 0 fully saturated rings. The molecule has 4 nitrogen and oxygen atoms in total. The molecule has 0 saturated carbocycles. The molecule has 0 aromatic rings. The van der Waals surface area contributed by atoms with Gasteiger partial charge in [-0.15, -0.1) is 0 Å². The zero-order chi connectivity index (χ0) is 13.3. The third-order valence-electron chi connectivity index (χ3n) is 2.39. The van der Waals surface area contributed by atoms with E-state index in [0.717, 1.165) is 78.5 Å². The number of unbranched alkanes of at least 4 members (excludes halogenated alkanes) is 1. The lowest BCUT2D eigenvalue weighted by atomic mass is 10.3. The van der Waals surface area contributed by atoms with Gasteiger partial charge in [-0.05, 0) is 39.5 Å². The summed E-state index contributed by atoms with van der Waals surface area (Å²) in [5, 5.41) is 0. The Labute approximate surface area is 112 Å². The Bertz CT molecular complexity index is 126. The number of hydrogen-bond acceptors (Lipinski definition) is 4. The molecule has 110 valence electrons. The first-order valence-electron chi connectivity index (χ1n) is 7.22. The third-order valence-corrected chi connectivity index (χ3v) is 2.39. The molecule has 18 heavy (non-hydrogen) atoms. The highest BCUT2D eigenvalue weighted by atomic mass is 16.5. The minimum absolute atomic E-state index is 0.792. The van der Waals surface area contributed by atoms with E-state index in [9.17, 15) is 0 Å². The Morgan fingerprint density at radius 2 is 0.778 bits per heavy atom. The van der Waals surface area contributed by atoms with Crippen LogP contribution in [-0.4, -0.2) is 52.9 Å².